The Kier molecular flexibility index (Phi) is 5.05. The van der Waals surface area contributed by atoms with Crippen molar-refractivity contribution in [2.75, 3.05) is 6.54 Å². The maximum absolute atomic E-state index is 10.8. The van der Waals surface area contributed by atoms with Crippen molar-refractivity contribution >= 4 is 0 Å². The fraction of sp³-hybridized carbons (Fsp3) is 0.857. The number of allylic oxidation sites excluding steroid dienone is 2. The second-order valence-electron chi connectivity index (χ2n) is 12.8. The van der Waals surface area contributed by atoms with E-state index in [0.29, 0.717) is 23.2 Å². The average molecular weight is 442 g/mol. The van der Waals surface area contributed by atoms with Gasteiger partial charge < -0.3 is 15.1 Å². The van der Waals surface area contributed by atoms with E-state index in [2.05, 4.69) is 33.8 Å². The number of nitrogens with zero attached hydrogens (tertiary/aromatic N) is 1. The highest BCUT2D eigenvalue weighted by Crippen LogP contribution is 2.63. The number of hydrogen-bond acceptors (Lipinski definition) is 4. The van der Waals surface area contributed by atoms with E-state index in [1.807, 2.05) is 0 Å². The maximum atomic E-state index is 10.8. The van der Waals surface area contributed by atoms with Gasteiger partial charge in [0.2, 0.25) is 0 Å². The zero-order chi connectivity index (χ0) is 22.4. The van der Waals surface area contributed by atoms with Crippen LogP contribution in [0.1, 0.15) is 85.5 Å². The van der Waals surface area contributed by atoms with E-state index in [4.69, 9.17) is 4.74 Å². The Bertz CT molecular complexity index is 850. The Morgan fingerprint density at radius 2 is 1.97 bits per heavy atom. The van der Waals surface area contributed by atoms with Crippen molar-refractivity contribution in [1.82, 2.24) is 5.06 Å². The van der Waals surface area contributed by atoms with Crippen LogP contribution in [-0.4, -0.2) is 45.8 Å². The molecular formula is C28H43NO3. The molecule has 4 nitrogen and oxygen atoms in total. The number of ether oxygens (including phenoxy) is 1. The molecule has 2 aliphatic heterocycles. The fourth-order valence-electron chi connectivity index (χ4n) is 9.42. The highest BCUT2D eigenvalue weighted by molar-refractivity contribution is 5.33. The third-order valence-electron chi connectivity index (χ3n) is 11.1. The van der Waals surface area contributed by atoms with Crippen LogP contribution in [0.5, 0.6) is 0 Å². The topological polar surface area (TPSA) is 52.9 Å². The largest absolute Gasteiger partial charge is 0.393 e. The van der Waals surface area contributed by atoms with Crippen LogP contribution in [0.4, 0.5) is 0 Å². The summed E-state index contributed by atoms with van der Waals surface area (Å²) in [4.78, 5) is 0. The van der Waals surface area contributed by atoms with E-state index in [1.54, 1.807) is 21.8 Å². The third kappa shape index (κ3) is 3.01. The molecule has 10 atom stereocenters. The van der Waals surface area contributed by atoms with Gasteiger partial charge in [-0.15, -0.1) is 0 Å². The Labute approximate surface area is 194 Å². The first-order chi connectivity index (χ1) is 15.2. The first kappa shape index (κ1) is 21.8. The summed E-state index contributed by atoms with van der Waals surface area (Å²) in [6.07, 6.45) is 12.5. The summed E-state index contributed by atoms with van der Waals surface area (Å²) < 4.78 is 6.94. The zero-order valence-corrected chi connectivity index (χ0v) is 20.5. The predicted molar refractivity (Wildman–Crippen MR) is 125 cm³/mol. The van der Waals surface area contributed by atoms with Crippen LogP contribution in [0.2, 0.25) is 0 Å². The predicted octanol–water partition coefficient (Wildman–Crippen LogP) is 5.49. The molecule has 0 aromatic carbocycles. The molecule has 32 heavy (non-hydrogen) atoms. The molecule has 4 heteroatoms. The highest BCUT2D eigenvalue weighted by atomic mass is 16.5. The molecule has 1 spiro atoms. The van der Waals surface area contributed by atoms with Crippen molar-refractivity contribution in [2.45, 2.75) is 109 Å². The van der Waals surface area contributed by atoms with Gasteiger partial charge in [0.05, 0.1) is 23.9 Å². The second-order valence-corrected chi connectivity index (χ2v) is 12.8. The molecule has 2 N–H and O–H groups in total. The molecule has 0 aromatic rings. The van der Waals surface area contributed by atoms with Crippen LogP contribution in [-0.2, 0) is 4.74 Å². The van der Waals surface area contributed by atoms with Gasteiger partial charge in [-0.05, 0) is 93.8 Å². The van der Waals surface area contributed by atoms with Crippen LogP contribution < -0.4 is 0 Å². The van der Waals surface area contributed by atoms with Gasteiger partial charge in [0.1, 0.15) is 0 Å². The SMILES string of the molecule is CC1=C2CC3C(CC=C4CC(O)CCC43C)C2CCC2(C1)OC1CC(C)CN(O)C1C2C. The van der Waals surface area contributed by atoms with Crippen molar-refractivity contribution in [3.05, 3.63) is 22.8 Å². The Morgan fingerprint density at radius 1 is 1.16 bits per heavy atom. The lowest BCUT2D eigenvalue weighted by Gasteiger charge is -2.49. The van der Waals surface area contributed by atoms with Crippen LogP contribution in [0, 0.1) is 35.0 Å². The van der Waals surface area contributed by atoms with Crippen LogP contribution in [0.15, 0.2) is 22.8 Å². The molecule has 6 aliphatic rings. The van der Waals surface area contributed by atoms with E-state index in [-0.39, 0.29) is 23.9 Å². The van der Waals surface area contributed by atoms with Gasteiger partial charge in [0.25, 0.3) is 0 Å². The van der Waals surface area contributed by atoms with Gasteiger partial charge in [0.15, 0.2) is 0 Å². The smallest absolute Gasteiger partial charge is 0.0768 e. The highest BCUT2D eigenvalue weighted by Gasteiger charge is 2.59. The summed E-state index contributed by atoms with van der Waals surface area (Å²) >= 11 is 0. The van der Waals surface area contributed by atoms with Crippen LogP contribution >= 0.6 is 0 Å². The monoisotopic (exact) mass is 441 g/mol. The molecule has 0 aromatic heterocycles. The van der Waals surface area contributed by atoms with Gasteiger partial charge in [-0.1, -0.05) is 43.6 Å². The minimum Gasteiger partial charge on any atom is -0.393 e. The summed E-state index contributed by atoms with van der Waals surface area (Å²) in [6, 6.07) is 0.155. The van der Waals surface area contributed by atoms with Crippen molar-refractivity contribution in [3.8, 4) is 0 Å². The van der Waals surface area contributed by atoms with Gasteiger partial charge in [-0.25, -0.2) is 0 Å². The molecule has 0 radical (unpaired) electrons. The molecule has 0 amide bonds. The molecule has 2 saturated heterocycles. The molecule has 178 valence electrons. The summed E-state index contributed by atoms with van der Waals surface area (Å²) in [5.41, 5.74) is 5.08. The summed E-state index contributed by atoms with van der Waals surface area (Å²) in [5.74, 6) is 3.06. The number of hydrogen-bond donors (Lipinski definition) is 2. The Morgan fingerprint density at radius 3 is 2.78 bits per heavy atom. The summed E-state index contributed by atoms with van der Waals surface area (Å²) in [7, 11) is 0. The molecule has 6 rings (SSSR count). The number of rotatable bonds is 0. The number of hydroxylamine groups is 2. The van der Waals surface area contributed by atoms with Crippen LogP contribution in [0.3, 0.4) is 0 Å². The van der Waals surface area contributed by atoms with E-state index < -0.39 is 0 Å². The first-order valence-corrected chi connectivity index (χ1v) is 13.4. The molecular weight excluding hydrogens is 398 g/mol. The van der Waals surface area contributed by atoms with Gasteiger partial charge in [-0.2, -0.15) is 5.06 Å². The van der Waals surface area contributed by atoms with Crippen molar-refractivity contribution in [2.24, 2.45) is 35.0 Å². The maximum Gasteiger partial charge on any atom is 0.0768 e. The number of aliphatic hydroxyl groups excluding tert-OH is 1. The standard InChI is InChI=1S/C28H43NO3/c1-16-11-25-26(29(31)15-16)18(3)28(32-25)10-8-21-22-6-5-19-12-20(30)7-9-27(19,4)24(22)13-23(21)17(2)14-28/h5,16,18,20-22,24-26,30-31H,6-15H2,1-4H3. The fourth-order valence-corrected chi connectivity index (χ4v) is 9.42. The molecule has 2 heterocycles. The third-order valence-corrected chi connectivity index (χ3v) is 11.1. The summed E-state index contributed by atoms with van der Waals surface area (Å²) in [5, 5.41) is 22.6. The number of aliphatic hydroxyl groups is 1. The van der Waals surface area contributed by atoms with Crippen LogP contribution in [0.25, 0.3) is 0 Å². The van der Waals surface area contributed by atoms with E-state index >= 15 is 0 Å². The molecule has 0 bridgehead atoms. The number of fused-ring (bicyclic) bond motifs is 6. The van der Waals surface area contributed by atoms with E-state index in [9.17, 15) is 10.3 Å². The normalized spacial score (nSPS) is 53.4. The molecule has 2 saturated carbocycles. The van der Waals surface area contributed by atoms with Crippen molar-refractivity contribution in [3.63, 3.8) is 0 Å². The van der Waals surface area contributed by atoms with Gasteiger partial charge in [-0.3, -0.25) is 0 Å². The lowest BCUT2D eigenvalue weighted by molar-refractivity contribution is -0.178. The molecule has 4 fully saturated rings. The lowest BCUT2D eigenvalue weighted by Crippen LogP contribution is -2.50. The second kappa shape index (κ2) is 7.41. The Hall–Kier alpha value is -0.680. The first-order valence-electron chi connectivity index (χ1n) is 13.4. The van der Waals surface area contributed by atoms with Crippen molar-refractivity contribution in [1.29, 1.82) is 0 Å². The quantitative estimate of drug-likeness (QED) is 0.488. The van der Waals surface area contributed by atoms with E-state index in [0.717, 1.165) is 56.9 Å². The van der Waals surface area contributed by atoms with Crippen molar-refractivity contribution < 1.29 is 15.1 Å². The van der Waals surface area contributed by atoms with Gasteiger partial charge in [0, 0.05) is 12.5 Å². The minimum atomic E-state index is -0.128. The Balaban J connectivity index is 1.29. The van der Waals surface area contributed by atoms with Gasteiger partial charge >= 0.3 is 0 Å². The average Bonchev–Trinajstić information content (AvgIpc) is 3.19. The van der Waals surface area contributed by atoms with E-state index in [1.165, 1.54) is 19.3 Å². The minimum absolute atomic E-state index is 0.105. The molecule has 4 aliphatic carbocycles. The number of piperidine rings is 1. The zero-order valence-electron chi connectivity index (χ0n) is 20.5. The summed E-state index contributed by atoms with van der Waals surface area (Å²) in [6.45, 7) is 10.3. The lowest BCUT2D eigenvalue weighted by atomic mass is 9.56. The molecule has 10 unspecified atom stereocenters.